The summed E-state index contributed by atoms with van der Waals surface area (Å²) in [4.78, 5) is 36.8. The van der Waals surface area contributed by atoms with Crippen molar-refractivity contribution < 1.29 is 14.4 Å². The van der Waals surface area contributed by atoms with Gasteiger partial charge in [0.25, 0.3) is 0 Å². The van der Waals surface area contributed by atoms with Gasteiger partial charge in [0.2, 0.25) is 17.7 Å². The molecule has 1 heterocycles. The van der Waals surface area contributed by atoms with E-state index in [1.54, 1.807) is 4.90 Å². The van der Waals surface area contributed by atoms with Crippen molar-refractivity contribution in [2.24, 2.45) is 17.4 Å². The maximum Gasteiger partial charge on any atom is 0.240 e. The normalized spacial score (nSPS) is 20.5. The monoisotopic (exact) mass is 368 g/mol. The number of hydrogen-bond acceptors (Lipinski definition) is 4. The number of nitrogens with two attached hydrogens (primary N) is 2. The second kappa shape index (κ2) is 9.39. The highest BCUT2D eigenvalue weighted by Crippen LogP contribution is 2.32. The van der Waals surface area contributed by atoms with Crippen molar-refractivity contribution in [1.29, 1.82) is 0 Å². The van der Waals surface area contributed by atoms with E-state index < -0.39 is 17.9 Å². The highest BCUT2D eigenvalue weighted by atomic mass is 35.5. The number of rotatable bonds is 6. The van der Waals surface area contributed by atoms with E-state index in [1.807, 2.05) is 30.3 Å². The highest BCUT2D eigenvalue weighted by Gasteiger charge is 2.36. The minimum absolute atomic E-state index is 0. The first-order valence-corrected chi connectivity index (χ1v) is 8.01. The Hall–Kier alpha value is -2.12. The number of nitrogens with one attached hydrogen (secondary N) is 1. The maximum atomic E-state index is 12.5. The first-order chi connectivity index (χ1) is 11.4. The molecule has 0 aromatic heterocycles. The lowest BCUT2D eigenvalue weighted by Gasteiger charge is -2.20. The third-order valence-electron chi connectivity index (χ3n) is 4.42. The Bertz CT molecular complexity index is 611. The van der Waals surface area contributed by atoms with Gasteiger partial charge in [-0.05, 0) is 18.0 Å². The van der Waals surface area contributed by atoms with Gasteiger partial charge in [-0.2, -0.15) is 0 Å². The summed E-state index contributed by atoms with van der Waals surface area (Å²) in [6, 6.07) is 8.96. The molecule has 3 atom stereocenters. The first kappa shape index (κ1) is 20.9. The van der Waals surface area contributed by atoms with Crippen LogP contribution in [0.3, 0.4) is 0 Å². The van der Waals surface area contributed by atoms with Crippen LogP contribution >= 0.6 is 12.4 Å². The highest BCUT2D eigenvalue weighted by molar-refractivity contribution is 5.90. The largest absolute Gasteiger partial charge is 0.368 e. The molecular formula is C17H25ClN4O3. The zero-order chi connectivity index (χ0) is 17.7. The molecule has 0 aliphatic carbocycles. The van der Waals surface area contributed by atoms with Crippen molar-refractivity contribution in [3.05, 3.63) is 35.9 Å². The lowest BCUT2D eigenvalue weighted by atomic mass is 9.89. The van der Waals surface area contributed by atoms with Crippen molar-refractivity contribution in [3.8, 4) is 0 Å². The predicted octanol–water partition coefficient (Wildman–Crippen LogP) is -0.0108. The molecule has 1 aliphatic rings. The molecule has 0 spiro atoms. The summed E-state index contributed by atoms with van der Waals surface area (Å²) in [6.07, 6.45) is -0.131. The standard InChI is InChI=1S/C17H24N4O3.ClH/c1-11(22)20-15(17(19)24)7-16(23)21-9-13(8-18)14(10-21)12-5-3-2-4-6-12;/h2-6,13-15H,7-10,18H2,1H3,(H2,19,24)(H,20,22);1H/t13-,14+,15+;/m1./s1. The molecule has 7 nitrogen and oxygen atoms in total. The molecule has 1 aromatic rings. The number of amides is 3. The predicted molar refractivity (Wildman–Crippen MR) is 97.0 cm³/mol. The Morgan fingerprint density at radius 1 is 1.24 bits per heavy atom. The van der Waals surface area contributed by atoms with Crippen molar-refractivity contribution >= 4 is 30.1 Å². The molecule has 1 saturated heterocycles. The minimum Gasteiger partial charge on any atom is -0.368 e. The van der Waals surface area contributed by atoms with Gasteiger partial charge in [0.15, 0.2) is 0 Å². The molecule has 2 rings (SSSR count). The topological polar surface area (TPSA) is 119 Å². The molecule has 1 aromatic carbocycles. The maximum absolute atomic E-state index is 12.5. The summed E-state index contributed by atoms with van der Waals surface area (Å²) in [6.45, 7) is 2.86. The fourth-order valence-corrected chi connectivity index (χ4v) is 3.16. The van der Waals surface area contributed by atoms with Gasteiger partial charge in [0, 0.05) is 25.9 Å². The number of hydrogen-bond donors (Lipinski definition) is 3. The second-order valence-electron chi connectivity index (χ2n) is 6.17. The van der Waals surface area contributed by atoms with E-state index in [1.165, 1.54) is 6.92 Å². The van der Waals surface area contributed by atoms with E-state index >= 15 is 0 Å². The molecule has 0 radical (unpaired) electrons. The summed E-state index contributed by atoms with van der Waals surface area (Å²) < 4.78 is 0. The Kier molecular flexibility index (Phi) is 7.86. The van der Waals surface area contributed by atoms with Gasteiger partial charge in [0.1, 0.15) is 6.04 Å². The molecule has 138 valence electrons. The van der Waals surface area contributed by atoms with Crippen molar-refractivity contribution in [2.75, 3.05) is 19.6 Å². The average Bonchev–Trinajstić information content (AvgIpc) is 2.99. The Morgan fingerprint density at radius 3 is 2.40 bits per heavy atom. The number of benzene rings is 1. The molecular weight excluding hydrogens is 344 g/mol. The number of nitrogens with zero attached hydrogens (tertiary/aromatic N) is 1. The summed E-state index contributed by atoms with van der Waals surface area (Å²) in [7, 11) is 0. The van der Waals surface area contributed by atoms with Crippen LogP contribution in [0.25, 0.3) is 0 Å². The van der Waals surface area contributed by atoms with Crippen LogP contribution < -0.4 is 16.8 Å². The second-order valence-corrected chi connectivity index (χ2v) is 6.17. The lowest BCUT2D eigenvalue weighted by molar-refractivity contribution is -0.134. The van der Waals surface area contributed by atoms with Crippen LogP contribution in [0.1, 0.15) is 24.8 Å². The van der Waals surface area contributed by atoms with E-state index in [0.29, 0.717) is 19.6 Å². The summed E-state index contributed by atoms with van der Waals surface area (Å²) in [5.41, 5.74) is 12.3. The molecule has 0 unspecified atom stereocenters. The Morgan fingerprint density at radius 2 is 1.88 bits per heavy atom. The van der Waals surface area contributed by atoms with Crippen molar-refractivity contribution in [2.45, 2.75) is 25.3 Å². The molecule has 3 amide bonds. The third-order valence-corrected chi connectivity index (χ3v) is 4.42. The zero-order valence-corrected chi connectivity index (χ0v) is 15.0. The van der Waals surface area contributed by atoms with Gasteiger partial charge >= 0.3 is 0 Å². The molecule has 8 heteroatoms. The third kappa shape index (κ3) is 5.44. The van der Waals surface area contributed by atoms with Gasteiger partial charge in [-0.25, -0.2) is 0 Å². The van der Waals surface area contributed by atoms with Gasteiger partial charge in [-0.1, -0.05) is 30.3 Å². The van der Waals surface area contributed by atoms with Gasteiger partial charge in [-0.15, -0.1) is 12.4 Å². The van der Waals surface area contributed by atoms with E-state index in [0.717, 1.165) is 5.56 Å². The van der Waals surface area contributed by atoms with E-state index in [9.17, 15) is 14.4 Å². The van der Waals surface area contributed by atoms with E-state index in [-0.39, 0.29) is 36.6 Å². The molecule has 0 bridgehead atoms. The van der Waals surface area contributed by atoms with E-state index in [2.05, 4.69) is 5.32 Å². The van der Waals surface area contributed by atoms with Crippen LogP contribution in [0.5, 0.6) is 0 Å². The van der Waals surface area contributed by atoms with Gasteiger partial charge in [-0.3, -0.25) is 14.4 Å². The van der Waals surface area contributed by atoms with Crippen molar-refractivity contribution in [3.63, 3.8) is 0 Å². The molecule has 25 heavy (non-hydrogen) atoms. The molecule has 0 saturated carbocycles. The average molecular weight is 369 g/mol. The quantitative estimate of drug-likeness (QED) is 0.654. The smallest absolute Gasteiger partial charge is 0.240 e. The van der Waals surface area contributed by atoms with Crippen LogP contribution in [0.4, 0.5) is 0 Å². The first-order valence-electron chi connectivity index (χ1n) is 8.01. The molecule has 5 N–H and O–H groups in total. The zero-order valence-electron chi connectivity index (χ0n) is 14.2. The Labute approximate surface area is 153 Å². The van der Waals surface area contributed by atoms with Crippen molar-refractivity contribution in [1.82, 2.24) is 10.2 Å². The van der Waals surface area contributed by atoms with Gasteiger partial charge in [0.05, 0.1) is 6.42 Å². The lowest BCUT2D eigenvalue weighted by Crippen LogP contribution is -2.47. The SMILES string of the molecule is CC(=O)N[C@@H](CC(=O)N1C[C@@H](CN)[C@H](c2ccccc2)C1)C(N)=O.Cl. The fraction of sp³-hybridized carbons (Fsp3) is 0.471. The number of carbonyl (C=O) groups excluding carboxylic acids is 3. The van der Waals surface area contributed by atoms with Crippen LogP contribution in [-0.4, -0.2) is 48.3 Å². The van der Waals surface area contributed by atoms with Crippen LogP contribution in [0.15, 0.2) is 30.3 Å². The van der Waals surface area contributed by atoms with E-state index in [4.69, 9.17) is 11.5 Å². The number of halogens is 1. The number of primary amides is 1. The van der Waals surface area contributed by atoms with Crippen LogP contribution in [-0.2, 0) is 14.4 Å². The Balaban J connectivity index is 0.00000312. The van der Waals surface area contributed by atoms with Crippen LogP contribution in [0, 0.1) is 5.92 Å². The number of carbonyl (C=O) groups is 3. The summed E-state index contributed by atoms with van der Waals surface area (Å²) >= 11 is 0. The number of likely N-dealkylation sites (tertiary alicyclic amines) is 1. The fourth-order valence-electron chi connectivity index (χ4n) is 3.16. The van der Waals surface area contributed by atoms with Gasteiger partial charge < -0.3 is 21.7 Å². The summed E-state index contributed by atoms with van der Waals surface area (Å²) in [5.74, 6) is -0.968. The molecule has 1 fully saturated rings. The summed E-state index contributed by atoms with van der Waals surface area (Å²) in [5, 5.41) is 2.42. The van der Waals surface area contributed by atoms with Crippen LogP contribution in [0.2, 0.25) is 0 Å². The molecule has 1 aliphatic heterocycles. The minimum atomic E-state index is -0.984.